The van der Waals surface area contributed by atoms with Gasteiger partial charge < -0.3 is 10.5 Å². The lowest BCUT2D eigenvalue weighted by Crippen LogP contribution is -2.01. The van der Waals surface area contributed by atoms with Gasteiger partial charge in [0.25, 0.3) is 0 Å². The van der Waals surface area contributed by atoms with Crippen LogP contribution in [-0.4, -0.2) is 11.6 Å². The second kappa shape index (κ2) is 5.61. The van der Waals surface area contributed by atoms with Crippen molar-refractivity contribution in [3.63, 3.8) is 0 Å². The molecule has 0 saturated carbocycles. The normalized spacial score (nSPS) is 10.6. The summed E-state index contributed by atoms with van der Waals surface area (Å²) in [5.74, 6) is 0.876. The molecule has 0 aliphatic rings. The van der Waals surface area contributed by atoms with Crippen LogP contribution in [0.5, 0.6) is 5.75 Å². The molecule has 20 heavy (non-hydrogen) atoms. The van der Waals surface area contributed by atoms with Crippen LogP contribution in [0.1, 0.15) is 5.56 Å². The number of aromatic nitrogens is 1. The molecular formula is C17H16N2O. The molecule has 1 heterocycles. The van der Waals surface area contributed by atoms with Gasteiger partial charge in [0.05, 0.1) is 12.1 Å². The van der Waals surface area contributed by atoms with Crippen molar-refractivity contribution in [1.82, 2.24) is 4.98 Å². The maximum atomic E-state index is 5.79. The summed E-state index contributed by atoms with van der Waals surface area (Å²) in [5.41, 5.74) is 8.66. The molecule has 0 aliphatic heterocycles. The average Bonchev–Trinajstić information content (AvgIpc) is 2.49. The van der Waals surface area contributed by atoms with Crippen LogP contribution in [-0.2, 0) is 6.42 Å². The van der Waals surface area contributed by atoms with E-state index < -0.39 is 0 Å². The van der Waals surface area contributed by atoms with Crippen LogP contribution in [0.4, 0.5) is 5.69 Å². The van der Waals surface area contributed by atoms with Crippen LogP contribution in [0.2, 0.25) is 0 Å². The maximum Gasteiger partial charge on any atom is 0.120 e. The van der Waals surface area contributed by atoms with Gasteiger partial charge in [-0.3, -0.25) is 4.98 Å². The number of anilines is 1. The van der Waals surface area contributed by atoms with Crippen molar-refractivity contribution in [2.45, 2.75) is 6.42 Å². The molecular weight excluding hydrogens is 248 g/mol. The molecule has 0 saturated heterocycles. The number of ether oxygens (including phenoxy) is 1. The highest BCUT2D eigenvalue weighted by Gasteiger charge is 1.99. The molecule has 0 bridgehead atoms. The number of pyridine rings is 1. The first-order valence-electron chi connectivity index (χ1n) is 6.63. The number of hydrogen-bond acceptors (Lipinski definition) is 3. The van der Waals surface area contributed by atoms with Crippen molar-refractivity contribution in [2.75, 3.05) is 12.3 Å². The Kier molecular flexibility index (Phi) is 3.50. The first-order valence-corrected chi connectivity index (χ1v) is 6.63. The standard InChI is InChI=1S/C17H16N2O/c18-15-5-3-13(4-6-15)9-11-20-16-7-8-17-14(12-16)2-1-10-19-17/h1-8,10,12H,9,11,18H2. The fourth-order valence-corrected chi connectivity index (χ4v) is 2.11. The van der Waals surface area contributed by atoms with Crippen LogP contribution in [0.15, 0.2) is 60.8 Å². The average molecular weight is 264 g/mol. The molecule has 0 atom stereocenters. The zero-order valence-corrected chi connectivity index (χ0v) is 11.1. The van der Waals surface area contributed by atoms with Crippen LogP contribution < -0.4 is 10.5 Å². The van der Waals surface area contributed by atoms with E-state index >= 15 is 0 Å². The highest BCUT2D eigenvalue weighted by Crippen LogP contribution is 2.19. The zero-order chi connectivity index (χ0) is 13.8. The third kappa shape index (κ3) is 2.88. The van der Waals surface area contributed by atoms with Crippen molar-refractivity contribution in [2.24, 2.45) is 0 Å². The molecule has 3 aromatic rings. The molecule has 3 rings (SSSR count). The van der Waals surface area contributed by atoms with Gasteiger partial charge in [0.15, 0.2) is 0 Å². The number of fused-ring (bicyclic) bond motifs is 1. The summed E-state index contributed by atoms with van der Waals surface area (Å²) in [7, 11) is 0. The first-order chi connectivity index (χ1) is 9.81. The van der Waals surface area contributed by atoms with Crippen LogP contribution >= 0.6 is 0 Å². The topological polar surface area (TPSA) is 48.1 Å². The molecule has 100 valence electrons. The maximum absolute atomic E-state index is 5.79. The lowest BCUT2D eigenvalue weighted by Gasteiger charge is -2.07. The Labute approximate surface area is 118 Å². The summed E-state index contributed by atoms with van der Waals surface area (Å²) < 4.78 is 5.79. The van der Waals surface area contributed by atoms with Gasteiger partial charge in [-0.25, -0.2) is 0 Å². The molecule has 0 unspecified atom stereocenters. The minimum Gasteiger partial charge on any atom is -0.493 e. The number of hydrogen-bond donors (Lipinski definition) is 1. The van der Waals surface area contributed by atoms with Crippen molar-refractivity contribution >= 4 is 16.6 Å². The summed E-state index contributed by atoms with van der Waals surface area (Å²) in [6.45, 7) is 0.648. The minimum atomic E-state index is 0.648. The SMILES string of the molecule is Nc1ccc(CCOc2ccc3ncccc3c2)cc1. The van der Waals surface area contributed by atoms with Gasteiger partial charge in [0.2, 0.25) is 0 Å². The van der Waals surface area contributed by atoms with Crippen LogP contribution in [0.25, 0.3) is 10.9 Å². The van der Waals surface area contributed by atoms with Gasteiger partial charge in [0.1, 0.15) is 5.75 Å². The lowest BCUT2D eigenvalue weighted by molar-refractivity contribution is 0.322. The molecule has 0 amide bonds. The molecule has 3 heteroatoms. The van der Waals surface area contributed by atoms with Crippen molar-refractivity contribution < 1.29 is 4.74 Å². The Morgan fingerprint density at radius 3 is 2.70 bits per heavy atom. The minimum absolute atomic E-state index is 0.648. The van der Waals surface area contributed by atoms with Gasteiger partial charge in [0, 0.05) is 23.7 Å². The number of nitrogen functional groups attached to an aromatic ring is 1. The van der Waals surface area contributed by atoms with E-state index in [9.17, 15) is 0 Å². The molecule has 2 N–H and O–H groups in total. The van der Waals surface area contributed by atoms with Crippen LogP contribution in [0, 0.1) is 0 Å². The van der Waals surface area contributed by atoms with E-state index in [-0.39, 0.29) is 0 Å². The van der Waals surface area contributed by atoms with Crippen molar-refractivity contribution in [3.8, 4) is 5.75 Å². The number of nitrogens with two attached hydrogens (primary N) is 1. The second-order valence-electron chi connectivity index (χ2n) is 4.70. The number of rotatable bonds is 4. The molecule has 1 aromatic heterocycles. The Hall–Kier alpha value is -2.55. The van der Waals surface area contributed by atoms with Crippen molar-refractivity contribution in [3.05, 3.63) is 66.4 Å². The summed E-state index contributed by atoms with van der Waals surface area (Å²) in [4.78, 5) is 4.29. The molecule has 0 radical (unpaired) electrons. The van der Waals surface area contributed by atoms with E-state index in [1.165, 1.54) is 5.56 Å². The fourth-order valence-electron chi connectivity index (χ4n) is 2.11. The third-order valence-electron chi connectivity index (χ3n) is 3.21. The predicted molar refractivity (Wildman–Crippen MR) is 81.8 cm³/mol. The van der Waals surface area contributed by atoms with Gasteiger partial charge in [-0.15, -0.1) is 0 Å². The first kappa shape index (κ1) is 12.5. The van der Waals surface area contributed by atoms with E-state index in [2.05, 4.69) is 4.98 Å². The summed E-state index contributed by atoms with van der Waals surface area (Å²) >= 11 is 0. The predicted octanol–water partition coefficient (Wildman–Crippen LogP) is 3.44. The largest absolute Gasteiger partial charge is 0.493 e. The molecule has 3 nitrogen and oxygen atoms in total. The fraction of sp³-hybridized carbons (Fsp3) is 0.118. The molecule has 0 spiro atoms. The second-order valence-corrected chi connectivity index (χ2v) is 4.70. The van der Waals surface area contributed by atoms with Crippen LogP contribution in [0.3, 0.4) is 0 Å². The third-order valence-corrected chi connectivity index (χ3v) is 3.21. The summed E-state index contributed by atoms with van der Waals surface area (Å²) in [5, 5.41) is 1.09. The Morgan fingerprint density at radius 2 is 1.85 bits per heavy atom. The number of benzene rings is 2. The zero-order valence-electron chi connectivity index (χ0n) is 11.1. The van der Waals surface area contributed by atoms with Gasteiger partial charge in [-0.05, 0) is 42.0 Å². The quantitative estimate of drug-likeness (QED) is 0.734. The van der Waals surface area contributed by atoms with Gasteiger partial charge in [-0.2, -0.15) is 0 Å². The molecule has 0 aliphatic carbocycles. The molecule has 2 aromatic carbocycles. The van der Waals surface area contributed by atoms with E-state index in [0.29, 0.717) is 6.61 Å². The Morgan fingerprint density at radius 1 is 1.00 bits per heavy atom. The molecule has 0 fully saturated rings. The highest BCUT2D eigenvalue weighted by atomic mass is 16.5. The van der Waals surface area contributed by atoms with Crippen molar-refractivity contribution in [1.29, 1.82) is 0 Å². The van der Waals surface area contributed by atoms with E-state index in [1.807, 2.05) is 54.6 Å². The smallest absolute Gasteiger partial charge is 0.120 e. The monoisotopic (exact) mass is 264 g/mol. The van der Waals surface area contributed by atoms with Gasteiger partial charge >= 0.3 is 0 Å². The summed E-state index contributed by atoms with van der Waals surface area (Å²) in [6, 6.07) is 17.8. The Bertz CT molecular complexity index is 708. The van der Waals surface area contributed by atoms with E-state index in [0.717, 1.165) is 28.8 Å². The van der Waals surface area contributed by atoms with Gasteiger partial charge in [-0.1, -0.05) is 18.2 Å². The lowest BCUT2D eigenvalue weighted by atomic mass is 10.1. The number of nitrogens with zero attached hydrogens (tertiary/aromatic N) is 1. The highest BCUT2D eigenvalue weighted by molar-refractivity contribution is 5.79. The van der Waals surface area contributed by atoms with E-state index in [1.54, 1.807) is 6.20 Å². The Balaban J connectivity index is 1.63. The van der Waals surface area contributed by atoms with E-state index in [4.69, 9.17) is 10.5 Å². The summed E-state index contributed by atoms with van der Waals surface area (Å²) in [6.07, 6.45) is 2.66.